The minimum atomic E-state index is -1.13. The van der Waals surface area contributed by atoms with Crippen LogP contribution >= 0.6 is 11.8 Å². The van der Waals surface area contributed by atoms with E-state index in [0.717, 1.165) is 0 Å². The van der Waals surface area contributed by atoms with E-state index in [1.807, 2.05) is 34.0 Å². The van der Waals surface area contributed by atoms with E-state index in [-0.39, 0.29) is 18.3 Å². The van der Waals surface area contributed by atoms with Crippen LogP contribution in [0.15, 0.2) is 0 Å². The van der Waals surface area contributed by atoms with E-state index >= 15 is 0 Å². The maximum Gasteiger partial charge on any atom is 0.326 e. The molecule has 0 aliphatic heterocycles. The fraction of sp³-hybridized carbons (Fsp3) is 0.818. The maximum absolute atomic E-state index is 13.1. The van der Waals surface area contributed by atoms with Crippen molar-refractivity contribution in [2.24, 2.45) is 23.3 Å². The lowest BCUT2D eigenvalue weighted by atomic mass is 9.96. The third kappa shape index (κ3) is 11.7. The van der Waals surface area contributed by atoms with Crippen LogP contribution in [0, 0.1) is 11.8 Å². The van der Waals surface area contributed by atoms with Crippen molar-refractivity contribution in [3.63, 3.8) is 0 Å². The fourth-order valence-electron chi connectivity index (χ4n) is 3.04. The normalized spacial score (nSPS) is 15.8. The molecule has 33 heavy (non-hydrogen) atoms. The molecule has 0 aliphatic rings. The summed E-state index contributed by atoms with van der Waals surface area (Å²) in [6, 6.07) is -3.62. The van der Waals surface area contributed by atoms with Gasteiger partial charge in [0.1, 0.15) is 18.1 Å². The van der Waals surface area contributed by atoms with Gasteiger partial charge >= 0.3 is 5.97 Å². The van der Waals surface area contributed by atoms with Crippen molar-refractivity contribution in [1.82, 2.24) is 16.0 Å². The summed E-state index contributed by atoms with van der Waals surface area (Å²) in [6.07, 6.45) is 4.28. The predicted molar refractivity (Wildman–Crippen MR) is 132 cm³/mol. The summed E-state index contributed by atoms with van der Waals surface area (Å²) >= 11 is 1.48. The number of nitrogens with one attached hydrogen (secondary N) is 3. The van der Waals surface area contributed by atoms with Gasteiger partial charge in [0.05, 0.1) is 6.04 Å². The molecule has 0 aromatic carbocycles. The minimum Gasteiger partial charge on any atom is -0.480 e. The molecule has 0 aliphatic carbocycles. The molecule has 0 radical (unpaired) electrons. The zero-order chi connectivity index (χ0) is 25.6. The summed E-state index contributed by atoms with van der Waals surface area (Å²) in [6.45, 7) is 7.80. The van der Waals surface area contributed by atoms with Crippen molar-refractivity contribution in [1.29, 1.82) is 0 Å². The Balaban J connectivity index is 5.53. The summed E-state index contributed by atoms with van der Waals surface area (Å²) < 4.78 is 0. The van der Waals surface area contributed by atoms with Crippen LogP contribution in [-0.2, 0) is 19.2 Å². The van der Waals surface area contributed by atoms with Crippen molar-refractivity contribution in [2.75, 3.05) is 18.6 Å². The second-order valence-electron chi connectivity index (χ2n) is 8.67. The number of carbonyl (C=O) groups excluding carboxylic acids is 3. The van der Waals surface area contributed by atoms with E-state index in [0.29, 0.717) is 38.0 Å². The van der Waals surface area contributed by atoms with Crippen molar-refractivity contribution in [3.05, 3.63) is 0 Å². The van der Waals surface area contributed by atoms with Crippen molar-refractivity contribution in [3.8, 4) is 0 Å². The number of carbonyl (C=O) groups is 4. The van der Waals surface area contributed by atoms with Crippen LogP contribution in [0.3, 0.4) is 0 Å². The van der Waals surface area contributed by atoms with Crippen LogP contribution in [0.2, 0.25) is 0 Å². The van der Waals surface area contributed by atoms with Crippen molar-refractivity contribution in [2.45, 2.75) is 84.0 Å². The van der Waals surface area contributed by atoms with Crippen molar-refractivity contribution < 1.29 is 24.3 Å². The number of rotatable bonds is 17. The van der Waals surface area contributed by atoms with Crippen LogP contribution in [0.1, 0.15) is 59.8 Å². The number of hydrogen-bond acceptors (Lipinski definition) is 7. The molecule has 3 amide bonds. The Hall–Kier alpha value is -1.85. The molecule has 10 nitrogen and oxygen atoms in total. The Bertz CT molecular complexity index is 634. The Morgan fingerprint density at radius 2 is 1.52 bits per heavy atom. The highest BCUT2D eigenvalue weighted by atomic mass is 32.2. The molecule has 0 bridgehead atoms. The lowest BCUT2D eigenvalue weighted by molar-refractivity contribution is -0.142. The number of amides is 3. The lowest BCUT2D eigenvalue weighted by Gasteiger charge is -2.28. The van der Waals surface area contributed by atoms with E-state index in [1.165, 1.54) is 11.8 Å². The Morgan fingerprint density at radius 3 is 2.00 bits per heavy atom. The molecule has 192 valence electrons. The number of aliphatic carboxylic acids is 1. The smallest absolute Gasteiger partial charge is 0.326 e. The van der Waals surface area contributed by atoms with Gasteiger partial charge in [-0.15, -0.1) is 0 Å². The highest BCUT2D eigenvalue weighted by Crippen LogP contribution is 2.11. The van der Waals surface area contributed by atoms with Gasteiger partial charge in [-0.3, -0.25) is 14.4 Å². The van der Waals surface area contributed by atoms with Gasteiger partial charge in [0, 0.05) is 0 Å². The fourth-order valence-corrected chi connectivity index (χ4v) is 3.51. The standard InChI is InChI=1S/C22H43N5O5S/c1-6-14(4)18(27-20(29)17(24)13(2)3)21(30)25-15(9-7-8-11-23)19(28)26-16(22(31)32)10-12-33-5/h13-18H,6-12,23-24H2,1-5H3,(H,25,30)(H,26,28)(H,27,29)(H,31,32). The zero-order valence-corrected chi connectivity index (χ0v) is 21.4. The number of unbranched alkanes of at least 4 members (excludes halogenated alkanes) is 1. The summed E-state index contributed by atoms with van der Waals surface area (Å²) in [4.78, 5) is 50.0. The Kier molecular flexibility index (Phi) is 15.8. The van der Waals surface area contributed by atoms with E-state index in [4.69, 9.17) is 11.5 Å². The third-order valence-electron chi connectivity index (χ3n) is 5.62. The summed E-state index contributed by atoms with van der Waals surface area (Å²) in [5.74, 6) is -2.36. The summed E-state index contributed by atoms with van der Waals surface area (Å²) in [5, 5.41) is 17.4. The van der Waals surface area contributed by atoms with E-state index in [2.05, 4.69) is 16.0 Å². The molecule has 0 heterocycles. The molecule has 0 fully saturated rings. The Morgan fingerprint density at radius 1 is 0.909 bits per heavy atom. The molecular formula is C22H43N5O5S. The summed E-state index contributed by atoms with van der Waals surface area (Å²) in [7, 11) is 0. The van der Waals surface area contributed by atoms with Crippen LogP contribution in [0.5, 0.6) is 0 Å². The van der Waals surface area contributed by atoms with Gasteiger partial charge in [0.25, 0.3) is 0 Å². The van der Waals surface area contributed by atoms with Crippen LogP contribution in [-0.4, -0.2) is 71.5 Å². The number of thioether (sulfide) groups is 1. The first-order valence-electron chi connectivity index (χ1n) is 11.6. The van der Waals surface area contributed by atoms with E-state index in [9.17, 15) is 24.3 Å². The highest BCUT2D eigenvalue weighted by Gasteiger charge is 2.32. The molecule has 0 rings (SSSR count). The van der Waals surface area contributed by atoms with E-state index < -0.39 is 47.9 Å². The van der Waals surface area contributed by atoms with Crippen molar-refractivity contribution >= 4 is 35.5 Å². The number of nitrogens with two attached hydrogens (primary N) is 2. The molecule has 0 saturated carbocycles. The molecule has 5 unspecified atom stereocenters. The van der Waals surface area contributed by atoms with Gasteiger partial charge in [-0.05, 0) is 56.1 Å². The maximum atomic E-state index is 13.1. The summed E-state index contributed by atoms with van der Waals surface area (Å²) in [5.41, 5.74) is 11.5. The average Bonchev–Trinajstić information content (AvgIpc) is 2.77. The van der Waals surface area contributed by atoms with Gasteiger partial charge in [0.15, 0.2) is 0 Å². The number of carboxylic acids is 1. The average molecular weight is 490 g/mol. The molecule has 8 N–H and O–H groups in total. The highest BCUT2D eigenvalue weighted by molar-refractivity contribution is 7.98. The largest absolute Gasteiger partial charge is 0.480 e. The molecule has 0 spiro atoms. The molecule has 0 aromatic rings. The minimum absolute atomic E-state index is 0.102. The van der Waals surface area contributed by atoms with Crippen LogP contribution in [0.25, 0.3) is 0 Å². The second-order valence-corrected chi connectivity index (χ2v) is 9.65. The van der Waals surface area contributed by atoms with Crippen LogP contribution in [0.4, 0.5) is 0 Å². The predicted octanol–water partition coefficient (Wildman–Crippen LogP) is 0.437. The number of carboxylic acid groups (broad SMARTS) is 1. The van der Waals surface area contributed by atoms with Gasteiger partial charge in [-0.25, -0.2) is 4.79 Å². The molecule has 0 aromatic heterocycles. The molecule has 11 heteroatoms. The number of hydrogen-bond donors (Lipinski definition) is 6. The lowest BCUT2D eigenvalue weighted by Crippen LogP contribution is -2.59. The first-order chi connectivity index (χ1) is 15.5. The van der Waals surface area contributed by atoms with Gasteiger partial charge in [-0.1, -0.05) is 34.1 Å². The topological polar surface area (TPSA) is 177 Å². The third-order valence-corrected chi connectivity index (χ3v) is 6.26. The molecule has 0 saturated heterocycles. The Labute approximate surface area is 201 Å². The molecule has 5 atom stereocenters. The second kappa shape index (κ2) is 16.7. The first-order valence-corrected chi connectivity index (χ1v) is 13.0. The van der Waals surface area contributed by atoms with Crippen LogP contribution < -0.4 is 27.4 Å². The quantitative estimate of drug-likeness (QED) is 0.159. The molecular weight excluding hydrogens is 446 g/mol. The zero-order valence-electron chi connectivity index (χ0n) is 20.6. The first kappa shape index (κ1) is 31.1. The monoisotopic (exact) mass is 489 g/mol. The van der Waals surface area contributed by atoms with Gasteiger partial charge in [0.2, 0.25) is 17.7 Å². The SMILES string of the molecule is CCC(C)C(NC(=O)C(N)C(C)C)C(=O)NC(CCCCN)C(=O)NC(CCSC)C(=O)O. The van der Waals surface area contributed by atoms with Gasteiger partial charge in [-0.2, -0.15) is 11.8 Å². The van der Waals surface area contributed by atoms with E-state index in [1.54, 1.807) is 0 Å². The van der Waals surface area contributed by atoms with Gasteiger partial charge < -0.3 is 32.5 Å².